The number of fused-ring (bicyclic) bond motifs is 3. The molecule has 0 aliphatic heterocycles. The number of hydrogen-bond donors (Lipinski definition) is 0. The summed E-state index contributed by atoms with van der Waals surface area (Å²) in [6.07, 6.45) is 32.3. The maximum atomic E-state index is 12.4. The second-order valence-electron chi connectivity index (χ2n) is 12.8. The first-order valence-electron chi connectivity index (χ1n) is 16.4. The molecule has 0 amide bonds. The lowest BCUT2D eigenvalue weighted by Crippen LogP contribution is -2.43. The van der Waals surface area contributed by atoms with Gasteiger partial charge in [0, 0.05) is 6.42 Å². The summed E-state index contributed by atoms with van der Waals surface area (Å²) in [6, 6.07) is 0. The number of hydrogen-bond acceptors (Lipinski definition) is 2. The van der Waals surface area contributed by atoms with Gasteiger partial charge in [0.15, 0.2) is 0 Å². The first-order chi connectivity index (χ1) is 17.2. The fraction of sp³-hybridized carbons (Fsp3) is 0.970. The largest absolute Gasteiger partial charge is 0.462 e. The van der Waals surface area contributed by atoms with Crippen LogP contribution in [-0.4, -0.2) is 12.1 Å². The van der Waals surface area contributed by atoms with E-state index in [1.807, 2.05) is 0 Å². The summed E-state index contributed by atoms with van der Waals surface area (Å²) < 4.78 is 5.99. The summed E-state index contributed by atoms with van der Waals surface area (Å²) in [5, 5.41) is 0. The fourth-order valence-corrected chi connectivity index (χ4v) is 8.08. The van der Waals surface area contributed by atoms with Crippen molar-refractivity contribution in [2.45, 2.75) is 174 Å². The summed E-state index contributed by atoms with van der Waals surface area (Å²) in [5.41, 5.74) is 0. The Hall–Kier alpha value is -0.530. The molecule has 3 fully saturated rings. The van der Waals surface area contributed by atoms with E-state index >= 15 is 0 Å². The molecule has 0 spiro atoms. The quantitative estimate of drug-likeness (QED) is 0.150. The summed E-state index contributed by atoms with van der Waals surface area (Å²) in [4.78, 5) is 12.4. The Labute approximate surface area is 219 Å². The number of carbonyl (C=O) groups is 1. The lowest BCUT2D eigenvalue weighted by Gasteiger charge is -2.50. The van der Waals surface area contributed by atoms with E-state index in [0.717, 1.165) is 48.9 Å². The average molecular weight is 489 g/mol. The maximum Gasteiger partial charge on any atom is 0.306 e. The molecular formula is C33H60O2. The lowest BCUT2D eigenvalue weighted by atomic mass is 9.56. The van der Waals surface area contributed by atoms with Crippen LogP contribution in [-0.2, 0) is 9.53 Å². The number of rotatable bonds is 17. The van der Waals surface area contributed by atoms with Crippen LogP contribution >= 0.6 is 0 Å². The molecule has 0 aromatic heterocycles. The zero-order chi connectivity index (χ0) is 24.7. The molecule has 204 valence electrons. The Bertz CT molecular complexity index is 557. The minimum absolute atomic E-state index is 0.0848. The molecule has 0 heterocycles. The molecule has 3 aliphatic carbocycles. The van der Waals surface area contributed by atoms with Crippen LogP contribution in [0.15, 0.2) is 0 Å². The van der Waals surface area contributed by atoms with Gasteiger partial charge >= 0.3 is 5.97 Å². The lowest BCUT2D eigenvalue weighted by molar-refractivity contribution is -0.153. The molecule has 0 radical (unpaired) electrons. The summed E-state index contributed by atoms with van der Waals surface area (Å²) >= 11 is 0. The van der Waals surface area contributed by atoms with E-state index in [4.69, 9.17) is 4.74 Å². The van der Waals surface area contributed by atoms with E-state index in [0.29, 0.717) is 6.42 Å². The molecule has 3 rings (SSSR count). The molecule has 3 aliphatic rings. The van der Waals surface area contributed by atoms with Gasteiger partial charge in [-0.2, -0.15) is 0 Å². The van der Waals surface area contributed by atoms with Crippen molar-refractivity contribution in [1.29, 1.82) is 0 Å². The topological polar surface area (TPSA) is 26.3 Å². The van der Waals surface area contributed by atoms with Gasteiger partial charge in [0.05, 0.1) is 0 Å². The Morgan fingerprint density at radius 2 is 1.14 bits per heavy atom. The number of esters is 1. The molecular weight excluding hydrogens is 428 g/mol. The van der Waals surface area contributed by atoms with Gasteiger partial charge in [-0.25, -0.2) is 0 Å². The Morgan fingerprint density at radius 3 is 1.80 bits per heavy atom. The van der Waals surface area contributed by atoms with Gasteiger partial charge in [-0.3, -0.25) is 4.79 Å². The van der Waals surface area contributed by atoms with Crippen molar-refractivity contribution < 1.29 is 9.53 Å². The monoisotopic (exact) mass is 488 g/mol. The standard InChI is InChI=1S/C33H60O2/c1-3-5-7-9-11-13-15-17-27-19-23-31-28(25-27)20-21-29-26-30(22-24-32(29)31)35-33(34)18-16-14-12-10-8-6-4-2/h27-32H,3-26H2,1-2H3/t27-,28?,29?,30-,31?,32?/m1/s1. The van der Waals surface area contributed by atoms with Crippen molar-refractivity contribution in [1.82, 2.24) is 0 Å². The Kier molecular flexibility index (Phi) is 14.2. The highest BCUT2D eigenvalue weighted by atomic mass is 16.5. The van der Waals surface area contributed by atoms with Crippen molar-refractivity contribution in [3.05, 3.63) is 0 Å². The molecule has 0 N–H and O–H groups in total. The van der Waals surface area contributed by atoms with Gasteiger partial charge in [-0.05, 0) is 81.0 Å². The Balaban J connectivity index is 1.27. The van der Waals surface area contributed by atoms with E-state index in [-0.39, 0.29) is 12.1 Å². The van der Waals surface area contributed by atoms with Gasteiger partial charge in [0.1, 0.15) is 6.10 Å². The second-order valence-corrected chi connectivity index (χ2v) is 12.8. The van der Waals surface area contributed by atoms with Crippen LogP contribution in [0.25, 0.3) is 0 Å². The third kappa shape index (κ3) is 10.4. The molecule has 35 heavy (non-hydrogen) atoms. The molecule has 2 nitrogen and oxygen atoms in total. The third-order valence-electron chi connectivity index (χ3n) is 10.1. The minimum Gasteiger partial charge on any atom is -0.462 e. The number of ether oxygens (including phenoxy) is 1. The summed E-state index contributed by atoms with van der Waals surface area (Å²) in [7, 11) is 0. The van der Waals surface area contributed by atoms with Crippen LogP contribution < -0.4 is 0 Å². The van der Waals surface area contributed by atoms with Crippen molar-refractivity contribution in [3.63, 3.8) is 0 Å². The van der Waals surface area contributed by atoms with Gasteiger partial charge in [0.25, 0.3) is 0 Å². The first kappa shape index (κ1) is 29.0. The van der Waals surface area contributed by atoms with Gasteiger partial charge in [-0.15, -0.1) is 0 Å². The van der Waals surface area contributed by atoms with Crippen molar-refractivity contribution in [3.8, 4) is 0 Å². The highest BCUT2D eigenvalue weighted by Gasteiger charge is 2.44. The predicted molar refractivity (Wildman–Crippen MR) is 149 cm³/mol. The normalized spacial score (nSPS) is 30.5. The molecule has 0 aromatic rings. The average Bonchev–Trinajstić information content (AvgIpc) is 2.87. The first-order valence-corrected chi connectivity index (χ1v) is 16.4. The van der Waals surface area contributed by atoms with Gasteiger partial charge < -0.3 is 4.74 Å². The van der Waals surface area contributed by atoms with E-state index in [1.165, 1.54) is 128 Å². The van der Waals surface area contributed by atoms with Crippen LogP contribution in [0.1, 0.15) is 168 Å². The molecule has 0 bridgehead atoms. The van der Waals surface area contributed by atoms with Gasteiger partial charge in [0.2, 0.25) is 0 Å². The zero-order valence-corrected chi connectivity index (χ0v) is 23.8. The van der Waals surface area contributed by atoms with E-state index < -0.39 is 0 Å². The van der Waals surface area contributed by atoms with Crippen LogP contribution in [0.2, 0.25) is 0 Å². The molecule has 0 saturated heterocycles. The van der Waals surface area contributed by atoms with Crippen LogP contribution in [0.4, 0.5) is 0 Å². The molecule has 4 unspecified atom stereocenters. The number of carbonyl (C=O) groups excluding carboxylic acids is 1. The molecule has 6 atom stereocenters. The van der Waals surface area contributed by atoms with E-state index in [1.54, 1.807) is 0 Å². The smallest absolute Gasteiger partial charge is 0.306 e. The maximum absolute atomic E-state index is 12.4. The highest BCUT2D eigenvalue weighted by molar-refractivity contribution is 5.69. The van der Waals surface area contributed by atoms with Crippen molar-refractivity contribution >= 4 is 5.97 Å². The predicted octanol–water partition coefficient (Wildman–Crippen LogP) is 10.4. The second kappa shape index (κ2) is 17.1. The van der Waals surface area contributed by atoms with Gasteiger partial charge in [-0.1, -0.05) is 110 Å². The highest BCUT2D eigenvalue weighted by Crippen LogP contribution is 2.53. The number of unbranched alkanes of at least 4 members (excludes halogenated alkanes) is 12. The SMILES string of the molecule is CCCCCCCCCC(=O)O[C@@H]1CCC2C(CCC3C[C@H](CCCCCCCCC)CCC32)C1. The third-order valence-corrected chi connectivity index (χ3v) is 10.1. The van der Waals surface area contributed by atoms with Crippen molar-refractivity contribution in [2.75, 3.05) is 0 Å². The van der Waals surface area contributed by atoms with Crippen LogP contribution in [0.5, 0.6) is 0 Å². The van der Waals surface area contributed by atoms with Crippen molar-refractivity contribution in [2.24, 2.45) is 29.6 Å². The molecule has 0 aromatic carbocycles. The van der Waals surface area contributed by atoms with Crippen LogP contribution in [0, 0.1) is 29.6 Å². The molecule has 3 saturated carbocycles. The van der Waals surface area contributed by atoms with Crippen LogP contribution in [0.3, 0.4) is 0 Å². The summed E-state index contributed by atoms with van der Waals surface area (Å²) in [5.74, 6) is 4.88. The van der Waals surface area contributed by atoms with E-state index in [9.17, 15) is 4.79 Å². The minimum atomic E-state index is 0.0848. The summed E-state index contributed by atoms with van der Waals surface area (Å²) in [6.45, 7) is 4.57. The zero-order valence-electron chi connectivity index (χ0n) is 23.8. The van der Waals surface area contributed by atoms with E-state index in [2.05, 4.69) is 13.8 Å². The fourth-order valence-electron chi connectivity index (χ4n) is 8.08. The Morgan fingerprint density at radius 1 is 0.600 bits per heavy atom. The molecule has 2 heteroatoms.